The van der Waals surface area contributed by atoms with Gasteiger partial charge in [0.25, 0.3) is 5.91 Å². The van der Waals surface area contributed by atoms with Crippen molar-refractivity contribution in [3.8, 4) is 6.07 Å². The van der Waals surface area contributed by atoms with E-state index >= 15 is 0 Å². The number of aromatic nitrogens is 1. The number of nitriles is 1. The first kappa shape index (κ1) is 21.7. The summed E-state index contributed by atoms with van der Waals surface area (Å²) in [7, 11) is 0. The molecule has 0 aliphatic heterocycles. The first-order valence-corrected chi connectivity index (χ1v) is 11.7. The zero-order valence-electron chi connectivity index (χ0n) is 19.0. The molecule has 4 fully saturated rings. The van der Waals surface area contributed by atoms with Crippen molar-refractivity contribution < 1.29 is 9.59 Å². The summed E-state index contributed by atoms with van der Waals surface area (Å²) < 4.78 is 2.19. The Labute approximate surface area is 185 Å². The molecule has 4 aliphatic carbocycles. The maximum atomic E-state index is 12.6. The average molecular weight is 423 g/mol. The Bertz CT molecular complexity index is 914. The van der Waals surface area contributed by atoms with Crippen molar-refractivity contribution in [3.05, 3.63) is 28.6 Å². The van der Waals surface area contributed by atoms with Crippen molar-refractivity contribution in [1.29, 1.82) is 5.26 Å². The third-order valence-electron chi connectivity index (χ3n) is 7.74. The second kappa shape index (κ2) is 8.53. The molecule has 0 spiro atoms. The Kier molecular flexibility index (Phi) is 5.96. The molecule has 1 aromatic heterocycles. The Balaban J connectivity index is 1.36. The van der Waals surface area contributed by atoms with Gasteiger partial charge in [-0.05, 0) is 99.7 Å². The van der Waals surface area contributed by atoms with Crippen molar-refractivity contribution in [2.24, 2.45) is 23.2 Å². The van der Waals surface area contributed by atoms with Gasteiger partial charge in [-0.3, -0.25) is 20.4 Å². The maximum absolute atomic E-state index is 12.6. The van der Waals surface area contributed by atoms with Gasteiger partial charge in [0.05, 0.1) is 0 Å². The smallest absolute Gasteiger partial charge is 0.280 e. The van der Waals surface area contributed by atoms with Crippen LogP contribution in [0.25, 0.3) is 6.08 Å². The van der Waals surface area contributed by atoms with Crippen LogP contribution in [0.3, 0.4) is 0 Å². The van der Waals surface area contributed by atoms with Crippen LogP contribution in [-0.4, -0.2) is 16.4 Å². The summed E-state index contributed by atoms with van der Waals surface area (Å²) in [4.78, 5) is 25.2. The first-order chi connectivity index (χ1) is 14.8. The highest BCUT2D eigenvalue weighted by Crippen LogP contribution is 2.61. The van der Waals surface area contributed by atoms with Gasteiger partial charge in [-0.25, -0.2) is 0 Å². The molecule has 0 radical (unpaired) electrons. The number of nitrogens with zero attached hydrogens (tertiary/aromatic N) is 2. The van der Waals surface area contributed by atoms with Crippen molar-refractivity contribution in [2.75, 3.05) is 0 Å². The van der Waals surface area contributed by atoms with E-state index in [0.29, 0.717) is 6.42 Å². The van der Waals surface area contributed by atoms with Crippen LogP contribution in [-0.2, 0) is 16.1 Å². The molecule has 1 heterocycles. The summed E-state index contributed by atoms with van der Waals surface area (Å²) in [6.45, 7) is 7.04. The van der Waals surface area contributed by atoms with E-state index in [1.54, 1.807) is 6.08 Å². The molecule has 1 aromatic rings. The second-order valence-corrected chi connectivity index (χ2v) is 10.2. The Hall–Kier alpha value is -2.55. The minimum Gasteiger partial charge on any atom is -0.349 e. The monoisotopic (exact) mass is 422 g/mol. The lowest BCUT2D eigenvalue weighted by Gasteiger charge is -2.56. The van der Waals surface area contributed by atoms with Gasteiger partial charge in [0.15, 0.2) is 0 Å². The molecule has 2 N–H and O–H groups in total. The van der Waals surface area contributed by atoms with E-state index in [4.69, 9.17) is 0 Å². The molecule has 4 aliphatic rings. The molecule has 6 heteroatoms. The largest absolute Gasteiger partial charge is 0.349 e. The fourth-order valence-electron chi connectivity index (χ4n) is 6.93. The third-order valence-corrected chi connectivity index (χ3v) is 7.74. The van der Waals surface area contributed by atoms with E-state index in [2.05, 4.69) is 22.3 Å². The van der Waals surface area contributed by atoms with Gasteiger partial charge in [-0.1, -0.05) is 6.92 Å². The fraction of sp³-hybridized carbons (Fsp3) is 0.640. The molecule has 0 saturated heterocycles. The number of aryl methyl sites for hydroxylation is 1. The quantitative estimate of drug-likeness (QED) is 0.410. The molecular formula is C25H34N4O2. The summed E-state index contributed by atoms with van der Waals surface area (Å²) in [5.74, 6) is 1.64. The minimum absolute atomic E-state index is 0.00754. The molecule has 4 saturated carbocycles. The SMILES string of the molecule is CCCn1c(C)cc(/C=C(\C#N)C(=O)NNC(=O)CC23CC4CC(CC(C4)C2)C3)c1C. The normalized spacial score (nSPS) is 29.0. The van der Waals surface area contributed by atoms with Gasteiger partial charge in [-0.2, -0.15) is 5.26 Å². The molecule has 0 atom stereocenters. The van der Waals surface area contributed by atoms with Gasteiger partial charge in [0, 0.05) is 24.4 Å². The van der Waals surface area contributed by atoms with Crippen molar-refractivity contribution in [3.63, 3.8) is 0 Å². The van der Waals surface area contributed by atoms with E-state index < -0.39 is 5.91 Å². The van der Waals surface area contributed by atoms with Gasteiger partial charge in [0.1, 0.15) is 11.6 Å². The number of rotatable bonds is 6. The number of hydrogen-bond donors (Lipinski definition) is 2. The molecule has 2 amide bonds. The van der Waals surface area contributed by atoms with E-state index in [-0.39, 0.29) is 16.9 Å². The van der Waals surface area contributed by atoms with Crippen LogP contribution in [0.4, 0.5) is 0 Å². The third kappa shape index (κ3) is 4.42. The molecule has 5 rings (SSSR count). The van der Waals surface area contributed by atoms with E-state index in [0.717, 1.165) is 66.9 Å². The number of amides is 2. The van der Waals surface area contributed by atoms with Crippen LogP contribution in [0.5, 0.6) is 0 Å². The summed E-state index contributed by atoms with van der Waals surface area (Å²) in [6.07, 6.45) is 10.6. The minimum atomic E-state index is -0.568. The highest BCUT2D eigenvalue weighted by atomic mass is 16.2. The fourth-order valence-corrected chi connectivity index (χ4v) is 6.93. The molecule has 0 unspecified atom stereocenters. The second-order valence-electron chi connectivity index (χ2n) is 10.2. The number of nitrogens with one attached hydrogen (secondary N) is 2. The number of carbonyl (C=O) groups is 2. The summed E-state index contributed by atoms with van der Waals surface area (Å²) >= 11 is 0. The van der Waals surface area contributed by atoms with Gasteiger partial charge in [-0.15, -0.1) is 0 Å². The Morgan fingerprint density at radius 1 is 1.16 bits per heavy atom. The highest BCUT2D eigenvalue weighted by Gasteiger charge is 2.51. The van der Waals surface area contributed by atoms with Gasteiger partial charge >= 0.3 is 0 Å². The van der Waals surface area contributed by atoms with Crippen LogP contribution >= 0.6 is 0 Å². The van der Waals surface area contributed by atoms with E-state index in [1.165, 1.54) is 19.3 Å². The molecule has 4 bridgehead atoms. The number of hydrogen-bond acceptors (Lipinski definition) is 3. The average Bonchev–Trinajstić information content (AvgIpc) is 2.96. The van der Waals surface area contributed by atoms with Gasteiger partial charge < -0.3 is 4.57 Å². The van der Waals surface area contributed by atoms with E-state index in [1.807, 2.05) is 26.0 Å². The van der Waals surface area contributed by atoms with Crippen LogP contribution < -0.4 is 10.9 Å². The zero-order chi connectivity index (χ0) is 22.2. The van der Waals surface area contributed by atoms with Crippen LogP contribution in [0.15, 0.2) is 11.6 Å². The zero-order valence-corrected chi connectivity index (χ0v) is 19.0. The van der Waals surface area contributed by atoms with Crippen LogP contribution in [0.1, 0.15) is 75.2 Å². The standard InChI is InChI=1S/C25H34N4O2/c1-4-5-29-16(2)6-21(17(29)3)10-22(15-26)24(31)28-27-23(30)14-25-11-18-7-19(12-25)9-20(8-18)13-25/h6,10,18-20H,4-5,7-9,11-14H2,1-3H3,(H,27,30)(H,28,31)/b22-10+. The number of hydrazine groups is 1. The number of carbonyl (C=O) groups excluding carboxylic acids is 2. The summed E-state index contributed by atoms with van der Waals surface area (Å²) in [5, 5.41) is 9.51. The lowest BCUT2D eigenvalue weighted by Crippen LogP contribution is -2.50. The first-order valence-electron chi connectivity index (χ1n) is 11.7. The van der Waals surface area contributed by atoms with Crippen LogP contribution in [0, 0.1) is 48.3 Å². The topological polar surface area (TPSA) is 86.9 Å². The molecule has 31 heavy (non-hydrogen) atoms. The Morgan fingerprint density at radius 2 is 1.77 bits per heavy atom. The lowest BCUT2D eigenvalue weighted by atomic mass is 9.49. The summed E-state index contributed by atoms with van der Waals surface area (Å²) in [6, 6.07) is 3.96. The van der Waals surface area contributed by atoms with Crippen molar-refractivity contribution in [2.45, 2.75) is 78.7 Å². The lowest BCUT2D eigenvalue weighted by molar-refractivity contribution is -0.133. The molecule has 0 aromatic carbocycles. The molecule has 6 nitrogen and oxygen atoms in total. The predicted molar refractivity (Wildman–Crippen MR) is 119 cm³/mol. The molecular weight excluding hydrogens is 388 g/mol. The van der Waals surface area contributed by atoms with Crippen molar-refractivity contribution >= 4 is 17.9 Å². The maximum Gasteiger partial charge on any atom is 0.280 e. The highest BCUT2D eigenvalue weighted by molar-refractivity contribution is 6.02. The van der Waals surface area contributed by atoms with Crippen LogP contribution in [0.2, 0.25) is 0 Å². The summed E-state index contributed by atoms with van der Waals surface area (Å²) in [5.41, 5.74) is 8.15. The van der Waals surface area contributed by atoms with E-state index in [9.17, 15) is 14.9 Å². The molecule has 166 valence electrons. The van der Waals surface area contributed by atoms with Gasteiger partial charge in [0.2, 0.25) is 5.91 Å². The predicted octanol–water partition coefficient (Wildman–Crippen LogP) is 4.18. The van der Waals surface area contributed by atoms with Crippen molar-refractivity contribution in [1.82, 2.24) is 15.4 Å². The Morgan fingerprint density at radius 3 is 2.32 bits per heavy atom.